The van der Waals surface area contributed by atoms with E-state index < -0.39 is 6.04 Å². The van der Waals surface area contributed by atoms with Crippen LogP contribution in [0, 0.1) is 5.92 Å². The van der Waals surface area contributed by atoms with Crippen molar-refractivity contribution in [1.82, 2.24) is 34.8 Å². The third-order valence-corrected chi connectivity index (χ3v) is 13.2. The molecule has 0 saturated carbocycles. The van der Waals surface area contributed by atoms with Gasteiger partial charge in [-0.15, -0.1) is 0 Å². The Morgan fingerprint density at radius 3 is 2.24 bits per heavy atom. The lowest BCUT2D eigenvalue weighted by Gasteiger charge is -2.38. The first-order valence-electron chi connectivity index (χ1n) is 21.0. The molecule has 3 saturated heterocycles. The Labute approximate surface area is 345 Å². The van der Waals surface area contributed by atoms with Gasteiger partial charge in [-0.2, -0.15) is 0 Å². The molecular weight excluding hydrogens is 753 g/mol. The van der Waals surface area contributed by atoms with E-state index in [4.69, 9.17) is 9.47 Å². The Balaban J connectivity index is 0.831. The molecule has 15 heteroatoms. The van der Waals surface area contributed by atoms with Crippen LogP contribution in [0.25, 0.3) is 11.1 Å². The Kier molecular flexibility index (Phi) is 11.7. The van der Waals surface area contributed by atoms with Crippen LogP contribution in [0.4, 0.5) is 10.5 Å². The minimum absolute atomic E-state index is 0.0889. The first-order valence-corrected chi connectivity index (χ1v) is 21.0. The summed E-state index contributed by atoms with van der Waals surface area (Å²) in [5, 5.41) is 5.06. The molecule has 1 atom stereocenters. The number of rotatable bonds is 10. The number of pyridine rings is 1. The fraction of sp³-hybridized carbons (Fsp3) is 0.523. The van der Waals surface area contributed by atoms with Crippen LogP contribution in [0.15, 0.2) is 41.3 Å². The number of methoxy groups -OCH3 is 2. The van der Waals surface area contributed by atoms with Crippen molar-refractivity contribution >= 4 is 29.4 Å². The lowest BCUT2D eigenvalue weighted by atomic mass is 9.91. The first-order chi connectivity index (χ1) is 28.5. The first kappa shape index (κ1) is 40.4. The molecule has 0 spiro atoms. The highest BCUT2D eigenvalue weighted by Gasteiger charge is 2.39. The maximum absolute atomic E-state index is 13.2. The molecule has 1 aromatic heterocycles. The van der Waals surface area contributed by atoms with Gasteiger partial charge in [0.1, 0.15) is 17.5 Å². The van der Waals surface area contributed by atoms with Gasteiger partial charge in [0.15, 0.2) is 0 Å². The fourth-order valence-electron chi connectivity index (χ4n) is 9.68. The molecular formula is C44H56N8O7. The lowest BCUT2D eigenvalue weighted by molar-refractivity contribution is -0.136. The highest BCUT2D eigenvalue weighted by atomic mass is 16.5. The lowest BCUT2D eigenvalue weighted by Crippen LogP contribution is -2.52. The number of nitrogens with zero attached hydrogens (tertiary/aromatic N) is 6. The number of benzene rings is 2. The van der Waals surface area contributed by atoms with Gasteiger partial charge in [-0.05, 0) is 105 Å². The number of hydrogen-bond acceptors (Lipinski definition) is 10. The molecule has 0 bridgehead atoms. The number of likely N-dealkylation sites (tertiary alicyclic amines) is 1. The predicted molar refractivity (Wildman–Crippen MR) is 223 cm³/mol. The van der Waals surface area contributed by atoms with Gasteiger partial charge < -0.3 is 34.1 Å². The summed E-state index contributed by atoms with van der Waals surface area (Å²) in [6.45, 7) is 8.83. The number of amides is 5. The molecule has 5 aliphatic heterocycles. The number of carbonyl (C=O) groups is 4. The van der Waals surface area contributed by atoms with E-state index in [1.807, 2.05) is 18.3 Å². The van der Waals surface area contributed by atoms with E-state index in [1.165, 1.54) is 6.42 Å². The molecule has 2 aromatic carbocycles. The van der Waals surface area contributed by atoms with Crippen molar-refractivity contribution < 1.29 is 28.7 Å². The average molecular weight is 809 g/mol. The third kappa shape index (κ3) is 8.14. The summed E-state index contributed by atoms with van der Waals surface area (Å²) < 4.78 is 13.6. The van der Waals surface area contributed by atoms with Crippen LogP contribution in [0.1, 0.15) is 64.7 Å². The molecule has 0 radical (unpaired) electrons. The minimum atomic E-state index is -0.601. The number of piperidine rings is 2. The zero-order chi connectivity index (χ0) is 41.4. The van der Waals surface area contributed by atoms with E-state index in [2.05, 4.69) is 43.5 Å². The minimum Gasteiger partial charge on any atom is -0.496 e. The summed E-state index contributed by atoms with van der Waals surface area (Å²) in [5.41, 5.74) is 7.10. The van der Waals surface area contributed by atoms with Crippen molar-refractivity contribution in [3.05, 3.63) is 74.7 Å². The molecule has 59 heavy (non-hydrogen) atoms. The number of aromatic nitrogens is 1. The Morgan fingerprint density at radius 1 is 0.831 bits per heavy atom. The number of piperazine rings is 1. The van der Waals surface area contributed by atoms with Gasteiger partial charge in [-0.25, -0.2) is 4.79 Å². The number of aryl methyl sites for hydroxylation is 1. The van der Waals surface area contributed by atoms with Crippen LogP contribution >= 0.6 is 0 Å². The summed E-state index contributed by atoms with van der Waals surface area (Å²) in [5.74, 6) is 1.39. The second-order valence-corrected chi connectivity index (χ2v) is 16.6. The molecule has 5 aliphatic rings. The van der Waals surface area contributed by atoms with Gasteiger partial charge in [0.2, 0.25) is 11.8 Å². The van der Waals surface area contributed by atoms with E-state index >= 15 is 0 Å². The summed E-state index contributed by atoms with van der Waals surface area (Å²) in [6, 6.07) is 9.34. The highest BCUT2D eigenvalue weighted by molar-refractivity contribution is 6.05. The summed E-state index contributed by atoms with van der Waals surface area (Å²) in [7, 11) is 6.74. The average Bonchev–Trinajstić information content (AvgIpc) is 3.58. The van der Waals surface area contributed by atoms with Crippen LogP contribution in [-0.2, 0) is 42.7 Å². The number of carbonyl (C=O) groups excluding carboxylic acids is 4. The van der Waals surface area contributed by atoms with E-state index in [0.717, 1.165) is 110 Å². The molecule has 8 rings (SSSR count). The zero-order valence-electron chi connectivity index (χ0n) is 34.7. The zero-order valence-corrected chi connectivity index (χ0v) is 34.7. The van der Waals surface area contributed by atoms with Gasteiger partial charge in [0.05, 0.1) is 26.3 Å². The van der Waals surface area contributed by atoms with Crippen molar-refractivity contribution in [2.45, 2.75) is 64.2 Å². The number of imide groups is 1. The number of fused-ring (bicyclic) bond motifs is 2. The fourth-order valence-corrected chi connectivity index (χ4v) is 9.68. The number of ether oxygens (including phenoxy) is 2. The molecule has 6 heterocycles. The maximum atomic E-state index is 13.2. The quantitative estimate of drug-likeness (QED) is 0.293. The second-order valence-electron chi connectivity index (χ2n) is 16.6. The van der Waals surface area contributed by atoms with Crippen LogP contribution in [0.3, 0.4) is 0 Å². The normalized spacial score (nSPS) is 20.4. The summed E-state index contributed by atoms with van der Waals surface area (Å²) >= 11 is 0. The van der Waals surface area contributed by atoms with Crippen molar-refractivity contribution in [2.24, 2.45) is 13.0 Å². The molecule has 5 amide bonds. The van der Waals surface area contributed by atoms with Crippen molar-refractivity contribution in [3.63, 3.8) is 0 Å². The second kappa shape index (κ2) is 17.1. The largest absolute Gasteiger partial charge is 0.496 e. The van der Waals surface area contributed by atoms with E-state index in [9.17, 15) is 24.0 Å². The molecule has 2 N–H and O–H groups in total. The van der Waals surface area contributed by atoms with Gasteiger partial charge in [0.25, 0.3) is 11.5 Å². The molecule has 3 aromatic rings. The number of nitrogens with one attached hydrogen (secondary N) is 2. The van der Waals surface area contributed by atoms with Gasteiger partial charge in [-0.3, -0.25) is 34.3 Å². The van der Waals surface area contributed by atoms with Crippen molar-refractivity contribution in [1.29, 1.82) is 0 Å². The van der Waals surface area contributed by atoms with Crippen molar-refractivity contribution in [3.8, 4) is 22.6 Å². The highest BCUT2D eigenvalue weighted by Crippen LogP contribution is 2.39. The smallest absolute Gasteiger partial charge is 0.317 e. The van der Waals surface area contributed by atoms with E-state index in [1.54, 1.807) is 42.7 Å². The van der Waals surface area contributed by atoms with Gasteiger partial charge >= 0.3 is 6.03 Å². The SMILES string of the molecule is CNC(=O)N1CCc2c(-c3cc(OC)c(CN4CCC(CCN5CCN(c6ccc7c(c6)CN(C6CCC(=O)NC6=O)C7=O)CC5)CC4)c(OC)c3)cn(C)c(=O)c2C1. The molecule has 0 aliphatic carbocycles. The van der Waals surface area contributed by atoms with Crippen LogP contribution in [-0.4, -0.2) is 128 Å². The number of hydrogen-bond donors (Lipinski definition) is 2. The monoisotopic (exact) mass is 808 g/mol. The van der Waals surface area contributed by atoms with Crippen LogP contribution in [0.2, 0.25) is 0 Å². The molecule has 1 unspecified atom stereocenters. The summed E-state index contributed by atoms with van der Waals surface area (Å²) in [4.78, 5) is 73.6. The van der Waals surface area contributed by atoms with E-state index in [-0.39, 0.29) is 42.3 Å². The third-order valence-electron chi connectivity index (χ3n) is 13.2. The summed E-state index contributed by atoms with van der Waals surface area (Å²) in [6.07, 6.45) is 6.55. The standard InChI is InChI=1S/C44H56N8O7/c1-45-44(57)51-16-12-33-34(25-47(2)42(55)35(33)27-51)29-22-38(58-3)36(39(23-29)59-4)26-49-14-10-28(11-15-49)9-13-48-17-19-50(20-18-48)31-5-6-32-30(21-31)24-52(43(32)56)37-7-8-40(53)46-41(37)54/h5-6,21-23,25,28,37H,7-20,24,26-27H2,1-4H3,(H,45,57)(H,46,53,54). The van der Waals surface area contributed by atoms with E-state index in [0.29, 0.717) is 43.0 Å². The topological polar surface area (TPSA) is 149 Å². The van der Waals surface area contributed by atoms with Gasteiger partial charge in [0, 0.05) is 94.9 Å². The maximum Gasteiger partial charge on any atom is 0.317 e. The Morgan fingerprint density at radius 2 is 1.56 bits per heavy atom. The van der Waals surface area contributed by atoms with Crippen LogP contribution < -0.4 is 30.6 Å². The Bertz CT molecular complexity index is 2160. The van der Waals surface area contributed by atoms with Gasteiger partial charge in [-0.1, -0.05) is 0 Å². The Hall–Kier alpha value is -5.41. The number of anilines is 1. The molecule has 15 nitrogen and oxygen atoms in total. The molecule has 3 fully saturated rings. The number of urea groups is 1. The predicted octanol–water partition coefficient (Wildman–Crippen LogP) is 2.95. The van der Waals surface area contributed by atoms with Crippen LogP contribution in [0.5, 0.6) is 11.5 Å². The van der Waals surface area contributed by atoms with Crippen molar-refractivity contribution in [2.75, 3.05) is 78.5 Å². The molecule has 314 valence electrons.